The Morgan fingerprint density at radius 2 is 2.10 bits per heavy atom. The predicted octanol–water partition coefficient (Wildman–Crippen LogP) is 1.86. The summed E-state index contributed by atoms with van der Waals surface area (Å²) >= 11 is 6.50. The fourth-order valence-corrected chi connectivity index (χ4v) is 2.55. The van der Waals surface area contributed by atoms with E-state index < -0.39 is 5.12 Å². The van der Waals surface area contributed by atoms with Crippen molar-refractivity contribution in [3.63, 3.8) is 0 Å². The maximum absolute atomic E-state index is 6.50. The summed E-state index contributed by atoms with van der Waals surface area (Å²) in [6.07, 6.45) is 1.55. The van der Waals surface area contributed by atoms with Crippen LogP contribution in [0.3, 0.4) is 0 Å². The van der Waals surface area contributed by atoms with Crippen molar-refractivity contribution in [2.75, 3.05) is 0 Å². The van der Waals surface area contributed by atoms with Crippen molar-refractivity contribution in [2.45, 2.75) is 5.12 Å². The Morgan fingerprint density at radius 3 is 2.90 bits per heavy atom. The fraction of sp³-hybridized carbons (Fsp3) is 0.0769. The molecule has 1 atom stereocenters. The second-order valence-electron chi connectivity index (χ2n) is 4.47. The van der Waals surface area contributed by atoms with E-state index in [0.29, 0.717) is 11.6 Å². The number of hydrogen-bond acceptors (Lipinski definition) is 6. The fourth-order valence-electron chi connectivity index (χ4n) is 2.28. The van der Waals surface area contributed by atoms with Crippen LogP contribution in [-0.2, 0) is 5.12 Å². The average Bonchev–Trinajstić information content (AvgIpc) is 3.07. The highest BCUT2D eigenvalue weighted by Crippen LogP contribution is 2.37. The first kappa shape index (κ1) is 11.5. The lowest BCUT2D eigenvalue weighted by atomic mass is 10.1. The van der Waals surface area contributed by atoms with Gasteiger partial charge in [-0.3, -0.25) is 0 Å². The monoisotopic (exact) mass is 287 g/mol. The Hall–Kier alpha value is -2.31. The largest absolute Gasteiger partial charge is 0.464 e. The molecule has 0 saturated heterocycles. The maximum atomic E-state index is 6.50. The number of halogens is 1. The molecule has 1 unspecified atom stereocenters. The minimum Gasteiger partial charge on any atom is -0.464 e. The number of aliphatic imine (C=N–C) groups is 2. The Bertz CT molecular complexity index is 739. The number of amidine groups is 1. The number of rotatable bonds is 1. The van der Waals surface area contributed by atoms with Crippen LogP contribution in [0.1, 0.15) is 11.3 Å². The van der Waals surface area contributed by atoms with E-state index in [9.17, 15) is 0 Å². The van der Waals surface area contributed by atoms with E-state index in [2.05, 4.69) is 15.4 Å². The van der Waals surface area contributed by atoms with Crippen molar-refractivity contribution in [3.05, 3.63) is 54.0 Å². The van der Waals surface area contributed by atoms with Crippen molar-refractivity contribution in [1.82, 2.24) is 10.4 Å². The number of alkyl halides is 1. The van der Waals surface area contributed by atoms with Gasteiger partial charge < -0.3 is 10.2 Å². The topological polar surface area (TPSA) is 79.1 Å². The SMILES string of the molecule is NC1=Nc2ccccc2C2=NC(Cl)(c3ccco3)NN12. The summed E-state index contributed by atoms with van der Waals surface area (Å²) in [5.74, 6) is 1.40. The number of nitrogens with zero attached hydrogens (tertiary/aromatic N) is 3. The van der Waals surface area contributed by atoms with E-state index in [1.54, 1.807) is 23.4 Å². The molecule has 0 amide bonds. The Kier molecular flexibility index (Phi) is 2.21. The van der Waals surface area contributed by atoms with Crippen LogP contribution >= 0.6 is 11.6 Å². The Morgan fingerprint density at radius 1 is 1.25 bits per heavy atom. The van der Waals surface area contributed by atoms with Gasteiger partial charge in [-0.05, 0) is 24.3 Å². The van der Waals surface area contributed by atoms with Gasteiger partial charge in [0.2, 0.25) is 5.96 Å². The molecule has 2 aliphatic rings. The predicted molar refractivity (Wildman–Crippen MR) is 75.5 cm³/mol. The first-order chi connectivity index (χ1) is 9.67. The molecule has 20 heavy (non-hydrogen) atoms. The molecule has 100 valence electrons. The van der Waals surface area contributed by atoms with E-state index in [1.165, 1.54) is 0 Å². The summed E-state index contributed by atoms with van der Waals surface area (Å²) in [5.41, 5.74) is 10.6. The lowest BCUT2D eigenvalue weighted by Gasteiger charge is -2.25. The van der Waals surface area contributed by atoms with Gasteiger partial charge in [-0.25, -0.2) is 15.0 Å². The molecule has 0 saturated carbocycles. The quantitative estimate of drug-likeness (QED) is 0.620. The minimum atomic E-state index is -1.21. The van der Waals surface area contributed by atoms with Crippen molar-refractivity contribution >= 4 is 29.1 Å². The molecular formula is C13H10ClN5O. The van der Waals surface area contributed by atoms with Crippen LogP contribution in [0.5, 0.6) is 0 Å². The molecule has 7 heteroatoms. The van der Waals surface area contributed by atoms with Crippen LogP contribution in [-0.4, -0.2) is 16.8 Å². The molecule has 1 aromatic heterocycles. The summed E-state index contributed by atoms with van der Waals surface area (Å²) in [7, 11) is 0. The van der Waals surface area contributed by atoms with Gasteiger partial charge in [0.05, 0.1) is 12.0 Å². The lowest BCUT2D eigenvalue weighted by molar-refractivity contribution is 0.324. The van der Waals surface area contributed by atoms with Crippen molar-refractivity contribution in [2.24, 2.45) is 15.7 Å². The van der Waals surface area contributed by atoms with Crippen molar-refractivity contribution < 1.29 is 4.42 Å². The molecule has 2 aliphatic heterocycles. The van der Waals surface area contributed by atoms with Crippen LogP contribution in [0.4, 0.5) is 5.69 Å². The van der Waals surface area contributed by atoms with Crippen molar-refractivity contribution in [3.8, 4) is 0 Å². The van der Waals surface area contributed by atoms with E-state index in [4.69, 9.17) is 21.8 Å². The third kappa shape index (κ3) is 1.49. The normalized spacial score (nSPS) is 23.9. The van der Waals surface area contributed by atoms with Gasteiger partial charge in [-0.2, -0.15) is 5.43 Å². The average molecular weight is 288 g/mol. The smallest absolute Gasteiger partial charge is 0.264 e. The number of fused-ring (bicyclic) bond motifs is 3. The second kappa shape index (κ2) is 3.84. The number of hydrazine groups is 1. The highest BCUT2D eigenvalue weighted by atomic mass is 35.5. The number of nitrogens with one attached hydrogen (secondary N) is 1. The number of furan rings is 1. The summed E-state index contributed by atoms with van der Waals surface area (Å²) < 4.78 is 5.34. The van der Waals surface area contributed by atoms with Gasteiger partial charge in [0.1, 0.15) is 0 Å². The van der Waals surface area contributed by atoms with Crippen molar-refractivity contribution in [1.29, 1.82) is 0 Å². The first-order valence-electron chi connectivity index (χ1n) is 6.02. The first-order valence-corrected chi connectivity index (χ1v) is 6.39. The van der Waals surface area contributed by atoms with E-state index in [1.807, 2.05) is 24.3 Å². The zero-order valence-electron chi connectivity index (χ0n) is 10.2. The van der Waals surface area contributed by atoms with Gasteiger partial charge in [0, 0.05) is 5.56 Å². The molecule has 4 rings (SSSR count). The summed E-state index contributed by atoms with van der Waals surface area (Å²) in [6, 6.07) is 11.1. The van der Waals surface area contributed by atoms with Crippen LogP contribution in [0.15, 0.2) is 57.1 Å². The van der Waals surface area contributed by atoms with Gasteiger partial charge in [0.15, 0.2) is 11.6 Å². The lowest BCUT2D eigenvalue weighted by Crippen LogP contribution is -2.51. The molecule has 3 N–H and O–H groups in total. The highest BCUT2D eigenvalue weighted by Gasteiger charge is 2.44. The highest BCUT2D eigenvalue weighted by molar-refractivity contribution is 6.26. The molecular weight excluding hydrogens is 278 g/mol. The Balaban J connectivity index is 1.89. The van der Waals surface area contributed by atoms with Crippen LogP contribution < -0.4 is 11.2 Å². The molecule has 0 bridgehead atoms. The number of guanidine groups is 1. The number of benzene rings is 1. The van der Waals surface area contributed by atoms with E-state index >= 15 is 0 Å². The molecule has 6 nitrogen and oxygen atoms in total. The number of nitrogens with two attached hydrogens (primary N) is 1. The summed E-state index contributed by atoms with van der Waals surface area (Å²) in [5, 5.41) is 0.355. The van der Waals surface area contributed by atoms with Gasteiger partial charge in [-0.15, -0.1) is 0 Å². The van der Waals surface area contributed by atoms with Gasteiger partial charge in [-0.1, -0.05) is 23.7 Å². The molecule has 3 heterocycles. The molecule has 0 spiro atoms. The van der Waals surface area contributed by atoms with Crippen LogP contribution in [0, 0.1) is 0 Å². The van der Waals surface area contributed by atoms with Gasteiger partial charge >= 0.3 is 0 Å². The standard InChI is InChI=1S/C13H10ClN5O/c14-13(10-6-3-7-20-10)17-11-8-4-1-2-5-9(8)16-12(15)19(11)18-13/h1-7,18H,(H2,15,16). The zero-order chi connectivity index (χ0) is 13.7. The van der Waals surface area contributed by atoms with E-state index in [-0.39, 0.29) is 5.96 Å². The molecule has 1 aromatic carbocycles. The molecule has 2 aromatic rings. The second-order valence-corrected chi connectivity index (χ2v) is 5.02. The number of hydrogen-bond donors (Lipinski definition) is 2. The summed E-state index contributed by atoms with van der Waals surface area (Å²) in [6.45, 7) is 0. The third-order valence-corrected chi connectivity index (χ3v) is 3.54. The van der Waals surface area contributed by atoms with Crippen LogP contribution in [0.2, 0.25) is 0 Å². The van der Waals surface area contributed by atoms with Crippen LogP contribution in [0.25, 0.3) is 0 Å². The zero-order valence-corrected chi connectivity index (χ0v) is 11.0. The molecule has 0 fully saturated rings. The maximum Gasteiger partial charge on any atom is 0.264 e. The number of para-hydroxylation sites is 1. The Labute approximate surface area is 119 Å². The minimum absolute atomic E-state index is 0.288. The summed E-state index contributed by atoms with van der Waals surface area (Å²) in [4.78, 5) is 8.84. The molecule has 0 radical (unpaired) electrons. The van der Waals surface area contributed by atoms with E-state index in [0.717, 1.165) is 11.3 Å². The molecule has 0 aliphatic carbocycles. The third-order valence-electron chi connectivity index (χ3n) is 3.19. The van der Waals surface area contributed by atoms with Gasteiger partial charge in [0.25, 0.3) is 5.12 Å².